The summed E-state index contributed by atoms with van der Waals surface area (Å²) in [5.74, 6) is -0.871. The van der Waals surface area contributed by atoms with Crippen molar-refractivity contribution < 1.29 is 23.9 Å². The van der Waals surface area contributed by atoms with Crippen molar-refractivity contribution in [2.45, 2.75) is 45.7 Å². The van der Waals surface area contributed by atoms with Crippen LogP contribution in [0, 0.1) is 5.41 Å². The second kappa shape index (κ2) is 9.93. The number of nitrogens with zero attached hydrogens (tertiary/aromatic N) is 1. The number of rotatable bonds is 7. The molecule has 30 heavy (non-hydrogen) atoms. The molecule has 1 saturated heterocycles. The maximum atomic E-state index is 13.4. The van der Waals surface area contributed by atoms with Gasteiger partial charge < -0.3 is 25.1 Å². The van der Waals surface area contributed by atoms with Gasteiger partial charge in [0.05, 0.1) is 24.2 Å². The van der Waals surface area contributed by atoms with Crippen molar-refractivity contribution in [1.82, 2.24) is 15.5 Å². The van der Waals surface area contributed by atoms with E-state index in [1.54, 1.807) is 18.2 Å². The van der Waals surface area contributed by atoms with E-state index >= 15 is 0 Å². The molecule has 0 spiro atoms. The van der Waals surface area contributed by atoms with Gasteiger partial charge in [0.15, 0.2) is 0 Å². The normalized spacial score (nSPS) is 17.2. The Morgan fingerprint density at radius 2 is 2.03 bits per heavy atom. The monoisotopic (exact) mass is 437 g/mol. The first kappa shape index (κ1) is 23.7. The summed E-state index contributed by atoms with van der Waals surface area (Å²) in [7, 11) is 1.45. The maximum absolute atomic E-state index is 13.4. The summed E-state index contributed by atoms with van der Waals surface area (Å²) in [4.78, 5) is 50.7. The molecule has 1 aromatic carbocycles. The van der Waals surface area contributed by atoms with Gasteiger partial charge >= 0.3 is 0 Å². The molecule has 3 amide bonds. The average molecular weight is 438 g/mol. The van der Waals surface area contributed by atoms with Crippen LogP contribution in [0.25, 0.3) is 0 Å². The van der Waals surface area contributed by atoms with Crippen molar-refractivity contribution in [2.75, 3.05) is 20.2 Å². The Hall–Kier alpha value is -2.61. The molecule has 1 aromatic rings. The Morgan fingerprint density at radius 3 is 2.63 bits per heavy atom. The van der Waals surface area contributed by atoms with E-state index in [0.717, 1.165) is 0 Å². The predicted molar refractivity (Wildman–Crippen MR) is 113 cm³/mol. The van der Waals surface area contributed by atoms with Crippen molar-refractivity contribution in [3.63, 3.8) is 0 Å². The number of methoxy groups -OCH3 is 1. The second-order valence-electron chi connectivity index (χ2n) is 8.20. The molecule has 8 nitrogen and oxygen atoms in total. The minimum Gasteiger partial charge on any atom is -0.495 e. The number of aldehydes is 1. The minimum absolute atomic E-state index is 0.106. The molecule has 1 aliphatic heterocycles. The van der Waals surface area contributed by atoms with Gasteiger partial charge in [0, 0.05) is 6.54 Å². The predicted octanol–water partition coefficient (Wildman–Crippen LogP) is 1.80. The molecular formula is C21H28ClN3O5. The maximum Gasteiger partial charge on any atom is 0.253 e. The topological polar surface area (TPSA) is 105 Å². The summed E-state index contributed by atoms with van der Waals surface area (Å²) < 4.78 is 5.15. The Morgan fingerprint density at radius 1 is 1.33 bits per heavy atom. The lowest BCUT2D eigenvalue weighted by Gasteiger charge is -2.35. The molecule has 2 N–H and O–H groups in total. The Bertz CT molecular complexity index is 821. The summed E-state index contributed by atoms with van der Waals surface area (Å²) in [6.45, 7) is 5.80. The van der Waals surface area contributed by atoms with Crippen LogP contribution in [0.5, 0.6) is 5.75 Å². The summed E-state index contributed by atoms with van der Waals surface area (Å²) in [5, 5.41) is 5.45. The first-order valence-electron chi connectivity index (χ1n) is 9.77. The molecule has 0 aromatic heterocycles. The molecule has 1 aliphatic rings. The van der Waals surface area contributed by atoms with E-state index in [-0.39, 0.29) is 28.9 Å². The fourth-order valence-electron chi connectivity index (χ4n) is 3.43. The third-order valence-electron chi connectivity index (χ3n) is 5.01. The SMILES string of the molecule is COc1cccc(C(=O)N[C@H](C(=O)N2CCC[C@H]2C(=O)NCC=O)C(C)(C)C)c1Cl. The molecular weight excluding hydrogens is 410 g/mol. The van der Waals surface area contributed by atoms with Gasteiger partial charge in [-0.25, -0.2) is 0 Å². The van der Waals surface area contributed by atoms with Crippen LogP contribution in [-0.2, 0) is 14.4 Å². The highest BCUT2D eigenvalue weighted by atomic mass is 35.5. The number of benzene rings is 1. The fraction of sp³-hybridized carbons (Fsp3) is 0.524. The van der Waals surface area contributed by atoms with E-state index in [4.69, 9.17) is 16.3 Å². The molecule has 0 bridgehead atoms. The van der Waals surface area contributed by atoms with Gasteiger partial charge in [-0.3, -0.25) is 14.4 Å². The molecule has 164 valence electrons. The summed E-state index contributed by atoms with van der Waals surface area (Å²) in [6.07, 6.45) is 1.76. The van der Waals surface area contributed by atoms with Crippen molar-refractivity contribution in [3.05, 3.63) is 28.8 Å². The molecule has 0 unspecified atom stereocenters. The molecule has 9 heteroatoms. The smallest absolute Gasteiger partial charge is 0.253 e. The quantitative estimate of drug-likeness (QED) is 0.633. The lowest BCUT2D eigenvalue weighted by molar-refractivity contribution is -0.141. The van der Waals surface area contributed by atoms with Crippen molar-refractivity contribution in [1.29, 1.82) is 0 Å². The molecule has 1 heterocycles. The largest absolute Gasteiger partial charge is 0.495 e. The van der Waals surface area contributed by atoms with Crippen LogP contribution in [0.4, 0.5) is 0 Å². The lowest BCUT2D eigenvalue weighted by Crippen LogP contribution is -2.57. The van der Waals surface area contributed by atoms with Crippen LogP contribution in [0.1, 0.15) is 44.0 Å². The van der Waals surface area contributed by atoms with Crippen molar-refractivity contribution >= 4 is 35.6 Å². The van der Waals surface area contributed by atoms with Gasteiger partial charge in [0.1, 0.15) is 24.1 Å². The molecule has 0 aliphatic carbocycles. The number of hydrogen-bond acceptors (Lipinski definition) is 5. The number of halogens is 1. The summed E-state index contributed by atoms with van der Waals surface area (Å²) in [6, 6.07) is 3.28. The first-order valence-corrected chi connectivity index (χ1v) is 10.1. The van der Waals surface area contributed by atoms with E-state index in [2.05, 4.69) is 10.6 Å². The molecule has 0 radical (unpaired) electrons. The number of nitrogens with one attached hydrogen (secondary N) is 2. The molecule has 2 atom stereocenters. The van der Waals surface area contributed by atoms with Crippen LogP contribution in [0.15, 0.2) is 18.2 Å². The first-order chi connectivity index (χ1) is 14.1. The number of amides is 3. The van der Waals surface area contributed by atoms with Crippen molar-refractivity contribution in [2.24, 2.45) is 5.41 Å². The highest BCUT2D eigenvalue weighted by Crippen LogP contribution is 2.29. The van der Waals surface area contributed by atoms with E-state index < -0.39 is 23.4 Å². The van der Waals surface area contributed by atoms with Crippen LogP contribution in [-0.4, -0.2) is 61.2 Å². The van der Waals surface area contributed by atoms with Crippen LogP contribution in [0.3, 0.4) is 0 Å². The summed E-state index contributed by atoms with van der Waals surface area (Å²) >= 11 is 6.26. The number of carbonyl (C=O) groups excluding carboxylic acids is 4. The van der Waals surface area contributed by atoms with Crippen molar-refractivity contribution in [3.8, 4) is 5.75 Å². The third kappa shape index (κ3) is 5.30. The van der Waals surface area contributed by atoms with Crippen LogP contribution in [0.2, 0.25) is 5.02 Å². The highest BCUT2D eigenvalue weighted by Gasteiger charge is 2.42. The van der Waals surface area contributed by atoms with Gasteiger partial charge in [-0.15, -0.1) is 0 Å². The molecule has 1 fully saturated rings. The Balaban J connectivity index is 2.25. The van der Waals surface area contributed by atoms with Crippen LogP contribution < -0.4 is 15.4 Å². The molecule has 0 saturated carbocycles. The van der Waals surface area contributed by atoms with Crippen LogP contribution >= 0.6 is 11.6 Å². The fourth-order valence-corrected chi connectivity index (χ4v) is 3.72. The van der Waals surface area contributed by atoms with E-state index in [9.17, 15) is 19.2 Å². The van der Waals surface area contributed by atoms with E-state index in [0.29, 0.717) is 31.4 Å². The zero-order chi connectivity index (χ0) is 22.5. The Labute approximate surface area is 181 Å². The number of ether oxygens (including phenoxy) is 1. The number of hydrogen-bond donors (Lipinski definition) is 2. The van der Waals surface area contributed by atoms with E-state index in [1.165, 1.54) is 12.0 Å². The minimum atomic E-state index is -0.883. The van der Waals surface area contributed by atoms with Gasteiger partial charge in [0.25, 0.3) is 5.91 Å². The lowest BCUT2D eigenvalue weighted by atomic mass is 9.85. The molecule has 2 rings (SSSR count). The third-order valence-corrected chi connectivity index (χ3v) is 5.40. The van der Waals surface area contributed by atoms with Gasteiger partial charge in [0.2, 0.25) is 11.8 Å². The summed E-state index contributed by atoms with van der Waals surface area (Å²) in [5.41, 5.74) is -0.426. The van der Waals surface area contributed by atoms with Gasteiger partial charge in [-0.2, -0.15) is 0 Å². The zero-order valence-corrected chi connectivity index (χ0v) is 18.4. The zero-order valence-electron chi connectivity index (χ0n) is 17.7. The number of likely N-dealkylation sites (tertiary alicyclic amines) is 1. The van der Waals surface area contributed by atoms with Gasteiger partial charge in [-0.05, 0) is 30.4 Å². The number of carbonyl (C=O) groups is 4. The average Bonchev–Trinajstić information content (AvgIpc) is 3.18. The Kier molecular flexibility index (Phi) is 7.83. The highest BCUT2D eigenvalue weighted by molar-refractivity contribution is 6.35. The standard InChI is InChI=1S/C21H28ClN3O5/c1-21(2,3)17(24-18(27)13-7-5-9-15(30-4)16(13)22)20(29)25-11-6-8-14(25)19(28)23-10-12-26/h5,7,9,12,14,17H,6,8,10-11H2,1-4H3,(H,23,28)(H,24,27)/t14-,17+/m0/s1. The second-order valence-corrected chi connectivity index (χ2v) is 8.57. The van der Waals surface area contributed by atoms with Gasteiger partial charge in [-0.1, -0.05) is 38.4 Å². The van der Waals surface area contributed by atoms with E-state index in [1.807, 2.05) is 20.8 Å².